The summed E-state index contributed by atoms with van der Waals surface area (Å²) in [6.07, 6.45) is 3.00. The maximum absolute atomic E-state index is 14.0. The standard InChI is InChI=1S/C20H16ClFN4O2S/c1-20(19(28)25-16-7-2-3-8-17(16)29-20)18(27)24-12-9-23-26(10-12)11-13-14(21)5-4-6-15(13)22/h2-10H,11H2,1H3,(H,24,27)(H,25,28). The van der Waals surface area contributed by atoms with E-state index < -0.39 is 22.4 Å². The number of anilines is 2. The molecule has 2 amide bonds. The zero-order chi connectivity index (χ0) is 20.6. The first-order chi connectivity index (χ1) is 13.9. The van der Waals surface area contributed by atoms with Gasteiger partial charge in [0.05, 0.1) is 24.1 Å². The van der Waals surface area contributed by atoms with E-state index in [1.807, 2.05) is 18.2 Å². The van der Waals surface area contributed by atoms with E-state index in [0.717, 1.165) is 4.90 Å². The lowest BCUT2D eigenvalue weighted by molar-refractivity contribution is -0.126. The number of rotatable bonds is 4. The smallest absolute Gasteiger partial charge is 0.250 e. The Morgan fingerprint density at radius 3 is 2.90 bits per heavy atom. The minimum absolute atomic E-state index is 0.112. The third-order valence-corrected chi connectivity index (χ3v) is 6.30. The molecule has 4 rings (SSSR count). The maximum atomic E-state index is 14.0. The van der Waals surface area contributed by atoms with Gasteiger partial charge in [-0.2, -0.15) is 5.10 Å². The van der Waals surface area contributed by atoms with Crippen molar-refractivity contribution >= 4 is 46.6 Å². The van der Waals surface area contributed by atoms with Crippen LogP contribution in [0.25, 0.3) is 0 Å². The number of benzene rings is 2. The zero-order valence-corrected chi connectivity index (χ0v) is 16.9. The molecule has 0 radical (unpaired) electrons. The molecule has 3 aromatic rings. The van der Waals surface area contributed by atoms with Gasteiger partial charge >= 0.3 is 0 Å². The van der Waals surface area contributed by atoms with E-state index in [1.165, 1.54) is 34.8 Å². The summed E-state index contributed by atoms with van der Waals surface area (Å²) < 4.78 is 14.1. The van der Waals surface area contributed by atoms with E-state index in [4.69, 9.17) is 11.6 Å². The number of para-hydroxylation sites is 1. The van der Waals surface area contributed by atoms with Crippen LogP contribution >= 0.6 is 23.4 Å². The van der Waals surface area contributed by atoms with Crippen molar-refractivity contribution in [3.63, 3.8) is 0 Å². The number of nitrogens with zero attached hydrogens (tertiary/aromatic N) is 2. The van der Waals surface area contributed by atoms with Gasteiger partial charge in [-0.05, 0) is 31.2 Å². The largest absolute Gasteiger partial charge is 0.323 e. The van der Waals surface area contributed by atoms with Crippen molar-refractivity contribution in [3.05, 3.63) is 71.3 Å². The van der Waals surface area contributed by atoms with Crippen LogP contribution < -0.4 is 10.6 Å². The lowest BCUT2D eigenvalue weighted by Crippen LogP contribution is -2.49. The summed E-state index contributed by atoms with van der Waals surface area (Å²) in [7, 11) is 0. The fourth-order valence-corrected chi connectivity index (χ4v) is 4.25. The van der Waals surface area contributed by atoms with Crippen molar-refractivity contribution in [2.45, 2.75) is 23.1 Å². The topological polar surface area (TPSA) is 76.0 Å². The Labute approximate surface area is 175 Å². The highest BCUT2D eigenvalue weighted by Gasteiger charge is 2.45. The number of halogens is 2. The molecule has 0 aliphatic carbocycles. The van der Waals surface area contributed by atoms with E-state index >= 15 is 0 Å². The third-order valence-electron chi connectivity index (χ3n) is 4.59. The van der Waals surface area contributed by atoms with Crippen molar-refractivity contribution in [2.24, 2.45) is 0 Å². The number of thioether (sulfide) groups is 1. The van der Waals surface area contributed by atoms with Crippen LogP contribution in [0.5, 0.6) is 0 Å². The molecule has 1 aliphatic heterocycles. The molecule has 0 spiro atoms. The zero-order valence-electron chi connectivity index (χ0n) is 15.3. The molecule has 2 N–H and O–H groups in total. The van der Waals surface area contributed by atoms with Gasteiger partial charge < -0.3 is 10.6 Å². The van der Waals surface area contributed by atoms with Gasteiger partial charge in [-0.3, -0.25) is 14.3 Å². The number of aromatic nitrogens is 2. The molecule has 1 aromatic heterocycles. The van der Waals surface area contributed by atoms with Gasteiger partial charge in [-0.15, -0.1) is 0 Å². The Kier molecular flexibility index (Phi) is 5.06. The lowest BCUT2D eigenvalue weighted by atomic mass is 10.1. The van der Waals surface area contributed by atoms with Gasteiger partial charge in [-0.1, -0.05) is 41.6 Å². The van der Waals surface area contributed by atoms with E-state index in [0.29, 0.717) is 22.0 Å². The van der Waals surface area contributed by atoms with Crippen LogP contribution in [0, 0.1) is 5.82 Å². The Bertz CT molecular complexity index is 1100. The van der Waals surface area contributed by atoms with Gasteiger partial charge in [0.15, 0.2) is 4.75 Å². The third kappa shape index (κ3) is 3.73. The van der Waals surface area contributed by atoms with Crippen LogP contribution in [0.1, 0.15) is 12.5 Å². The average Bonchev–Trinajstić information content (AvgIpc) is 3.13. The average molecular weight is 431 g/mol. The molecule has 148 valence electrons. The van der Waals surface area contributed by atoms with E-state index in [9.17, 15) is 14.0 Å². The molecule has 0 fully saturated rings. The van der Waals surface area contributed by atoms with Crippen molar-refractivity contribution in [1.29, 1.82) is 0 Å². The highest BCUT2D eigenvalue weighted by molar-refractivity contribution is 8.02. The van der Waals surface area contributed by atoms with Gasteiger partial charge in [0, 0.05) is 21.7 Å². The number of hydrogen-bond acceptors (Lipinski definition) is 4. The predicted molar refractivity (Wildman–Crippen MR) is 111 cm³/mol. The van der Waals surface area contributed by atoms with Crippen molar-refractivity contribution in [3.8, 4) is 0 Å². The van der Waals surface area contributed by atoms with Crippen LogP contribution in [0.3, 0.4) is 0 Å². The molecule has 6 nitrogen and oxygen atoms in total. The Hall–Kier alpha value is -2.84. The van der Waals surface area contributed by atoms with Gasteiger partial charge in [0.2, 0.25) is 11.8 Å². The first-order valence-electron chi connectivity index (χ1n) is 8.73. The minimum atomic E-state index is -1.34. The number of carbonyl (C=O) groups is 2. The SMILES string of the molecule is CC1(C(=O)Nc2cnn(Cc3c(F)cccc3Cl)c2)Sc2ccccc2NC1=O. The molecule has 0 bridgehead atoms. The monoisotopic (exact) mass is 430 g/mol. The number of fused-ring (bicyclic) bond motifs is 1. The summed E-state index contributed by atoms with van der Waals surface area (Å²) >= 11 is 7.24. The molecular formula is C20H16ClFN4O2S. The highest BCUT2D eigenvalue weighted by Crippen LogP contribution is 2.42. The molecule has 2 aromatic carbocycles. The van der Waals surface area contributed by atoms with Crippen LogP contribution in [-0.4, -0.2) is 26.3 Å². The van der Waals surface area contributed by atoms with Gasteiger partial charge in [0.25, 0.3) is 0 Å². The van der Waals surface area contributed by atoms with Crippen molar-refractivity contribution in [1.82, 2.24) is 9.78 Å². The Morgan fingerprint density at radius 1 is 1.31 bits per heavy atom. The number of nitrogens with one attached hydrogen (secondary N) is 2. The highest BCUT2D eigenvalue weighted by atomic mass is 35.5. The van der Waals surface area contributed by atoms with E-state index in [1.54, 1.807) is 25.3 Å². The molecule has 0 saturated heterocycles. The summed E-state index contributed by atoms with van der Waals surface area (Å²) in [6.45, 7) is 1.68. The van der Waals surface area contributed by atoms with Crippen LogP contribution in [0.4, 0.5) is 15.8 Å². The van der Waals surface area contributed by atoms with Crippen LogP contribution in [-0.2, 0) is 16.1 Å². The van der Waals surface area contributed by atoms with Crippen LogP contribution in [0.2, 0.25) is 5.02 Å². The second-order valence-electron chi connectivity index (χ2n) is 6.67. The second-order valence-corrected chi connectivity index (χ2v) is 8.53. The summed E-state index contributed by atoms with van der Waals surface area (Å²) in [4.78, 5) is 26.3. The second kappa shape index (κ2) is 7.53. The van der Waals surface area contributed by atoms with Crippen molar-refractivity contribution < 1.29 is 14.0 Å². The van der Waals surface area contributed by atoms with E-state index in [-0.39, 0.29) is 6.54 Å². The maximum Gasteiger partial charge on any atom is 0.250 e. The summed E-state index contributed by atoms with van der Waals surface area (Å²) in [6, 6.07) is 11.8. The van der Waals surface area contributed by atoms with Crippen LogP contribution in [0.15, 0.2) is 59.8 Å². The van der Waals surface area contributed by atoms with E-state index in [2.05, 4.69) is 15.7 Å². The first-order valence-corrected chi connectivity index (χ1v) is 9.92. The fraction of sp³-hybridized carbons (Fsp3) is 0.150. The quantitative estimate of drug-likeness (QED) is 0.609. The molecule has 0 saturated carbocycles. The number of carbonyl (C=O) groups excluding carboxylic acids is 2. The summed E-state index contributed by atoms with van der Waals surface area (Å²) in [5.74, 6) is -1.30. The minimum Gasteiger partial charge on any atom is -0.323 e. The first kappa shape index (κ1) is 19.5. The molecule has 1 unspecified atom stereocenters. The summed E-state index contributed by atoms with van der Waals surface area (Å²) in [5.41, 5.74) is 1.39. The lowest BCUT2D eigenvalue weighted by Gasteiger charge is -2.31. The Morgan fingerprint density at radius 2 is 2.10 bits per heavy atom. The molecule has 9 heteroatoms. The van der Waals surface area contributed by atoms with Gasteiger partial charge in [0.1, 0.15) is 5.82 Å². The number of hydrogen-bond donors (Lipinski definition) is 2. The van der Waals surface area contributed by atoms with Gasteiger partial charge in [-0.25, -0.2) is 4.39 Å². The fourth-order valence-electron chi connectivity index (χ4n) is 2.93. The molecule has 29 heavy (non-hydrogen) atoms. The summed E-state index contributed by atoms with van der Waals surface area (Å²) in [5, 5.41) is 9.93. The molecule has 1 aliphatic rings. The normalized spacial score (nSPS) is 18.1. The predicted octanol–water partition coefficient (Wildman–Crippen LogP) is 4.17. The molecule has 1 atom stereocenters. The number of amides is 2. The molecule has 2 heterocycles. The Balaban J connectivity index is 1.50. The van der Waals surface area contributed by atoms with Crippen molar-refractivity contribution in [2.75, 3.05) is 10.6 Å². The molecular weight excluding hydrogens is 415 g/mol.